The molecular formula is C14H20N2O. The van der Waals surface area contributed by atoms with Gasteiger partial charge < -0.3 is 15.4 Å². The normalized spacial score (nSPS) is 21.8. The predicted molar refractivity (Wildman–Crippen MR) is 69.3 cm³/mol. The van der Waals surface area contributed by atoms with Crippen LogP contribution in [0.2, 0.25) is 0 Å². The number of anilines is 1. The molecule has 0 aromatic heterocycles. The molecule has 2 aliphatic heterocycles. The van der Waals surface area contributed by atoms with E-state index in [2.05, 4.69) is 29.2 Å². The average Bonchev–Trinajstić information content (AvgIpc) is 2.34. The molecule has 1 saturated heterocycles. The van der Waals surface area contributed by atoms with E-state index in [0.29, 0.717) is 0 Å². The van der Waals surface area contributed by atoms with Crippen molar-refractivity contribution in [1.82, 2.24) is 0 Å². The molecule has 2 N–H and O–H groups in total. The molecule has 0 saturated carbocycles. The van der Waals surface area contributed by atoms with Crippen molar-refractivity contribution in [2.75, 3.05) is 31.2 Å². The summed E-state index contributed by atoms with van der Waals surface area (Å²) in [6.45, 7) is 3.66. The van der Waals surface area contributed by atoms with Crippen LogP contribution < -0.4 is 10.6 Å². The molecule has 0 bridgehead atoms. The predicted octanol–water partition coefficient (Wildman–Crippen LogP) is 1.56. The van der Waals surface area contributed by atoms with Crippen molar-refractivity contribution >= 4 is 5.69 Å². The fourth-order valence-corrected chi connectivity index (χ4v) is 2.71. The van der Waals surface area contributed by atoms with Crippen molar-refractivity contribution in [3.8, 4) is 0 Å². The third-order valence-corrected chi connectivity index (χ3v) is 3.87. The fourth-order valence-electron chi connectivity index (χ4n) is 2.71. The van der Waals surface area contributed by atoms with Crippen LogP contribution in [0.1, 0.15) is 18.4 Å². The molecule has 92 valence electrons. The Bertz CT molecular complexity index is 401. The van der Waals surface area contributed by atoms with Gasteiger partial charge in [-0.05, 0) is 30.9 Å². The Kier molecular flexibility index (Phi) is 2.81. The van der Waals surface area contributed by atoms with Crippen LogP contribution >= 0.6 is 0 Å². The average molecular weight is 232 g/mol. The van der Waals surface area contributed by atoms with Gasteiger partial charge in [0.1, 0.15) is 0 Å². The van der Waals surface area contributed by atoms with Gasteiger partial charge in [0.05, 0.1) is 18.8 Å². The molecule has 0 radical (unpaired) electrons. The van der Waals surface area contributed by atoms with Crippen molar-refractivity contribution in [3.05, 3.63) is 29.8 Å². The van der Waals surface area contributed by atoms with Crippen molar-refractivity contribution in [2.45, 2.75) is 24.8 Å². The van der Waals surface area contributed by atoms with Crippen LogP contribution in [0.15, 0.2) is 24.3 Å². The van der Waals surface area contributed by atoms with Crippen molar-refractivity contribution in [2.24, 2.45) is 5.73 Å². The zero-order valence-electron chi connectivity index (χ0n) is 10.2. The van der Waals surface area contributed by atoms with E-state index in [1.807, 2.05) is 0 Å². The highest BCUT2D eigenvalue weighted by Gasteiger charge is 2.34. The van der Waals surface area contributed by atoms with E-state index in [0.717, 1.165) is 32.7 Å². The van der Waals surface area contributed by atoms with Gasteiger partial charge in [0.2, 0.25) is 0 Å². The van der Waals surface area contributed by atoms with Gasteiger partial charge in [-0.1, -0.05) is 18.2 Å². The van der Waals surface area contributed by atoms with E-state index in [1.165, 1.54) is 24.1 Å². The van der Waals surface area contributed by atoms with Gasteiger partial charge >= 0.3 is 0 Å². The fraction of sp³-hybridized carbons (Fsp3) is 0.571. The molecule has 1 fully saturated rings. The summed E-state index contributed by atoms with van der Waals surface area (Å²) in [5.74, 6) is 0. The Morgan fingerprint density at radius 1 is 1.29 bits per heavy atom. The number of rotatable bonds is 3. The summed E-state index contributed by atoms with van der Waals surface area (Å²) in [4.78, 5) is 2.48. The summed E-state index contributed by atoms with van der Waals surface area (Å²) in [6, 6.07) is 8.73. The second-order valence-electron chi connectivity index (χ2n) is 5.32. The number of ether oxygens (including phenoxy) is 1. The molecule has 3 rings (SSSR count). The maximum atomic E-state index is 6.19. The molecular weight excluding hydrogens is 212 g/mol. The SMILES string of the molecule is NC1(CCN2CCCc3ccccc32)COC1. The molecule has 2 aliphatic rings. The molecule has 17 heavy (non-hydrogen) atoms. The summed E-state index contributed by atoms with van der Waals surface area (Å²) in [7, 11) is 0. The van der Waals surface area contributed by atoms with Crippen LogP contribution in [-0.2, 0) is 11.2 Å². The molecule has 2 heterocycles. The molecule has 0 spiro atoms. The highest BCUT2D eigenvalue weighted by Crippen LogP contribution is 2.28. The molecule has 0 aliphatic carbocycles. The number of hydrogen-bond acceptors (Lipinski definition) is 3. The van der Waals surface area contributed by atoms with Crippen molar-refractivity contribution < 1.29 is 4.74 Å². The minimum absolute atomic E-state index is 0.0631. The van der Waals surface area contributed by atoms with Crippen LogP contribution in [0.5, 0.6) is 0 Å². The number of nitrogens with zero attached hydrogens (tertiary/aromatic N) is 1. The van der Waals surface area contributed by atoms with Crippen molar-refractivity contribution in [1.29, 1.82) is 0 Å². The summed E-state index contributed by atoms with van der Waals surface area (Å²) in [6.07, 6.45) is 3.50. The van der Waals surface area contributed by atoms with Crippen LogP contribution in [0.25, 0.3) is 0 Å². The van der Waals surface area contributed by atoms with E-state index >= 15 is 0 Å². The van der Waals surface area contributed by atoms with Gasteiger partial charge in [-0.2, -0.15) is 0 Å². The van der Waals surface area contributed by atoms with E-state index in [-0.39, 0.29) is 5.54 Å². The quantitative estimate of drug-likeness (QED) is 0.859. The van der Waals surface area contributed by atoms with Crippen LogP contribution in [-0.4, -0.2) is 31.8 Å². The summed E-state index contributed by atoms with van der Waals surface area (Å²) >= 11 is 0. The maximum absolute atomic E-state index is 6.19. The Morgan fingerprint density at radius 2 is 2.12 bits per heavy atom. The monoisotopic (exact) mass is 232 g/mol. The summed E-state index contributed by atoms with van der Waals surface area (Å²) in [5.41, 5.74) is 9.01. The first-order valence-electron chi connectivity index (χ1n) is 6.46. The highest BCUT2D eigenvalue weighted by atomic mass is 16.5. The van der Waals surface area contributed by atoms with Gasteiger partial charge in [0.15, 0.2) is 0 Å². The second-order valence-corrected chi connectivity index (χ2v) is 5.32. The lowest BCUT2D eigenvalue weighted by molar-refractivity contribution is -0.0561. The van der Waals surface area contributed by atoms with Crippen LogP contribution in [0.3, 0.4) is 0 Å². The van der Waals surface area contributed by atoms with Crippen LogP contribution in [0, 0.1) is 0 Å². The van der Waals surface area contributed by atoms with E-state index in [1.54, 1.807) is 0 Å². The zero-order valence-corrected chi connectivity index (χ0v) is 10.2. The largest absolute Gasteiger partial charge is 0.377 e. The van der Waals surface area contributed by atoms with Gasteiger partial charge in [0, 0.05) is 18.8 Å². The smallest absolute Gasteiger partial charge is 0.0670 e. The van der Waals surface area contributed by atoms with Gasteiger partial charge in [-0.15, -0.1) is 0 Å². The van der Waals surface area contributed by atoms with Crippen molar-refractivity contribution in [3.63, 3.8) is 0 Å². The lowest BCUT2D eigenvalue weighted by Crippen LogP contribution is -2.58. The van der Waals surface area contributed by atoms with Gasteiger partial charge in [-0.3, -0.25) is 0 Å². The molecule has 3 heteroatoms. The molecule has 0 atom stereocenters. The Hall–Kier alpha value is -1.06. The Balaban J connectivity index is 1.68. The topological polar surface area (TPSA) is 38.5 Å². The van der Waals surface area contributed by atoms with E-state index in [4.69, 9.17) is 10.5 Å². The Morgan fingerprint density at radius 3 is 2.88 bits per heavy atom. The first-order valence-corrected chi connectivity index (χ1v) is 6.46. The van der Waals surface area contributed by atoms with Gasteiger partial charge in [-0.25, -0.2) is 0 Å². The molecule has 0 unspecified atom stereocenters. The number of fused-ring (bicyclic) bond motifs is 1. The second kappa shape index (κ2) is 4.31. The maximum Gasteiger partial charge on any atom is 0.0670 e. The highest BCUT2D eigenvalue weighted by molar-refractivity contribution is 5.55. The molecule has 1 aromatic carbocycles. The number of benzene rings is 1. The standard InChI is InChI=1S/C14H20N2O/c15-14(10-17-11-14)7-9-16-8-3-5-12-4-1-2-6-13(12)16/h1-2,4,6H,3,5,7-11,15H2. The number of nitrogens with two attached hydrogens (primary N) is 1. The third-order valence-electron chi connectivity index (χ3n) is 3.87. The minimum atomic E-state index is -0.0631. The lowest BCUT2D eigenvalue weighted by atomic mass is 9.93. The minimum Gasteiger partial charge on any atom is -0.377 e. The zero-order chi connectivity index (χ0) is 11.7. The first-order chi connectivity index (χ1) is 8.27. The lowest BCUT2D eigenvalue weighted by Gasteiger charge is -2.40. The Labute approximate surface area is 103 Å². The van der Waals surface area contributed by atoms with E-state index in [9.17, 15) is 0 Å². The number of aryl methyl sites for hydroxylation is 1. The third kappa shape index (κ3) is 2.17. The number of para-hydroxylation sites is 1. The first kappa shape index (κ1) is 11.1. The summed E-state index contributed by atoms with van der Waals surface area (Å²) < 4.78 is 5.20. The van der Waals surface area contributed by atoms with Gasteiger partial charge in [0.25, 0.3) is 0 Å². The number of hydrogen-bond donors (Lipinski definition) is 1. The van der Waals surface area contributed by atoms with E-state index < -0.39 is 0 Å². The molecule has 1 aromatic rings. The molecule has 3 nitrogen and oxygen atoms in total. The van der Waals surface area contributed by atoms with Crippen LogP contribution in [0.4, 0.5) is 5.69 Å². The molecule has 0 amide bonds. The summed E-state index contributed by atoms with van der Waals surface area (Å²) in [5, 5.41) is 0.